The van der Waals surface area contributed by atoms with Crippen LogP contribution in [-0.2, 0) is 17.8 Å². The van der Waals surface area contributed by atoms with Crippen molar-refractivity contribution in [1.82, 2.24) is 20.5 Å². The highest BCUT2D eigenvalue weighted by Gasteiger charge is 2.29. The number of likely N-dealkylation sites (tertiary alicyclic amines) is 1. The van der Waals surface area contributed by atoms with Crippen molar-refractivity contribution < 1.29 is 4.79 Å². The first-order valence-electron chi connectivity index (χ1n) is 12.2. The highest BCUT2D eigenvalue weighted by molar-refractivity contribution is 5.81. The standard InChI is InChI=1S/C26H36N6O/c1-2-27-26(29-18-22-10-11-24(28-17-22)31-13-6-7-14-31)30-19-23-16-25(33)32(20-23)15-12-21-8-4-3-5-9-21/h3-5,8-11,17,23H,2,6-7,12-16,18-20H2,1H3,(H2,27,29,30). The topological polar surface area (TPSA) is 72.9 Å². The van der Waals surface area contributed by atoms with Gasteiger partial charge in [-0.2, -0.15) is 0 Å². The summed E-state index contributed by atoms with van der Waals surface area (Å²) in [5.74, 6) is 2.41. The third kappa shape index (κ3) is 6.70. The summed E-state index contributed by atoms with van der Waals surface area (Å²) in [5, 5.41) is 6.75. The molecule has 0 saturated carbocycles. The predicted molar refractivity (Wildman–Crippen MR) is 133 cm³/mol. The fourth-order valence-electron chi connectivity index (χ4n) is 4.51. The molecule has 2 N–H and O–H groups in total. The minimum Gasteiger partial charge on any atom is -0.357 e. The van der Waals surface area contributed by atoms with Crippen LogP contribution in [0, 0.1) is 5.92 Å². The van der Waals surface area contributed by atoms with Crippen LogP contribution in [0.25, 0.3) is 0 Å². The van der Waals surface area contributed by atoms with Gasteiger partial charge in [0.25, 0.3) is 0 Å². The van der Waals surface area contributed by atoms with Gasteiger partial charge >= 0.3 is 0 Å². The van der Waals surface area contributed by atoms with E-state index in [0.717, 1.165) is 63.0 Å². The molecule has 2 aromatic rings. The van der Waals surface area contributed by atoms with Crippen molar-refractivity contribution in [3.63, 3.8) is 0 Å². The molecule has 0 radical (unpaired) electrons. The number of hydrogen-bond donors (Lipinski definition) is 2. The third-order valence-electron chi connectivity index (χ3n) is 6.37. The van der Waals surface area contributed by atoms with Gasteiger partial charge in [-0.25, -0.2) is 9.98 Å². The van der Waals surface area contributed by atoms with Gasteiger partial charge in [-0.05, 0) is 43.4 Å². The van der Waals surface area contributed by atoms with Crippen LogP contribution in [0.2, 0.25) is 0 Å². The van der Waals surface area contributed by atoms with Crippen molar-refractivity contribution in [2.24, 2.45) is 10.9 Å². The molecule has 2 aliphatic rings. The summed E-state index contributed by atoms with van der Waals surface area (Å²) in [4.78, 5) is 26.1. The number of aliphatic imine (C=N–C) groups is 1. The summed E-state index contributed by atoms with van der Waals surface area (Å²) >= 11 is 0. The molecule has 0 bridgehead atoms. The van der Waals surface area contributed by atoms with Crippen LogP contribution in [0.3, 0.4) is 0 Å². The largest absolute Gasteiger partial charge is 0.357 e. The van der Waals surface area contributed by atoms with E-state index >= 15 is 0 Å². The number of guanidine groups is 1. The zero-order valence-corrected chi connectivity index (χ0v) is 19.7. The number of amides is 1. The van der Waals surface area contributed by atoms with E-state index in [9.17, 15) is 4.79 Å². The number of hydrogen-bond acceptors (Lipinski definition) is 4. The minimum atomic E-state index is 0.254. The molecule has 1 atom stereocenters. The van der Waals surface area contributed by atoms with E-state index in [0.29, 0.717) is 18.9 Å². The quantitative estimate of drug-likeness (QED) is 0.456. The number of rotatable bonds is 9. The first kappa shape index (κ1) is 23.1. The summed E-state index contributed by atoms with van der Waals surface area (Å²) in [7, 11) is 0. The number of pyridine rings is 1. The SMILES string of the molecule is CCNC(=NCc1ccc(N2CCCC2)nc1)NCC1CC(=O)N(CCc2ccccc2)C1. The number of nitrogens with one attached hydrogen (secondary N) is 2. The first-order chi connectivity index (χ1) is 16.2. The number of benzene rings is 1. The Labute approximate surface area is 197 Å². The number of aromatic nitrogens is 1. The van der Waals surface area contributed by atoms with Crippen molar-refractivity contribution in [2.75, 3.05) is 44.2 Å². The maximum Gasteiger partial charge on any atom is 0.223 e. The molecule has 1 amide bonds. The molecular weight excluding hydrogens is 412 g/mol. The van der Waals surface area contributed by atoms with Gasteiger partial charge in [-0.3, -0.25) is 4.79 Å². The molecule has 176 valence electrons. The summed E-state index contributed by atoms with van der Waals surface area (Å²) in [6, 6.07) is 14.6. The Bertz CT molecular complexity index is 908. The molecule has 3 heterocycles. The maximum absolute atomic E-state index is 12.5. The smallest absolute Gasteiger partial charge is 0.223 e. The lowest BCUT2D eigenvalue weighted by Gasteiger charge is -2.18. The molecule has 1 aromatic heterocycles. The second-order valence-electron chi connectivity index (χ2n) is 8.94. The number of anilines is 1. The molecule has 33 heavy (non-hydrogen) atoms. The molecule has 7 nitrogen and oxygen atoms in total. The Hall–Kier alpha value is -3.09. The molecule has 7 heteroatoms. The van der Waals surface area contributed by atoms with E-state index in [4.69, 9.17) is 4.99 Å². The van der Waals surface area contributed by atoms with Gasteiger partial charge in [0, 0.05) is 57.8 Å². The predicted octanol–water partition coefficient (Wildman–Crippen LogP) is 2.83. The fraction of sp³-hybridized carbons (Fsp3) is 0.500. The monoisotopic (exact) mass is 448 g/mol. The van der Waals surface area contributed by atoms with E-state index in [1.165, 1.54) is 18.4 Å². The van der Waals surface area contributed by atoms with Crippen molar-refractivity contribution in [1.29, 1.82) is 0 Å². The fourth-order valence-corrected chi connectivity index (χ4v) is 4.51. The lowest BCUT2D eigenvalue weighted by atomic mass is 10.1. The molecule has 2 saturated heterocycles. The Morgan fingerprint density at radius 1 is 1.09 bits per heavy atom. The van der Waals surface area contributed by atoms with Gasteiger partial charge in [0.2, 0.25) is 5.91 Å². The highest BCUT2D eigenvalue weighted by atomic mass is 16.2. The van der Waals surface area contributed by atoms with Crippen LogP contribution >= 0.6 is 0 Å². The van der Waals surface area contributed by atoms with E-state index in [-0.39, 0.29) is 5.91 Å². The highest BCUT2D eigenvalue weighted by Crippen LogP contribution is 2.19. The van der Waals surface area contributed by atoms with Crippen molar-refractivity contribution in [2.45, 2.75) is 39.2 Å². The summed E-state index contributed by atoms with van der Waals surface area (Å²) < 4.78 is 0. The van der Waals surface area contributed by atoms with Crippen molar-refractivity contribution in [3.05, 3.63) is 59.8 Å². The number of carbonyl (C=O) groups is 1. The second-order valence-corrected chi connectivity index (χ2v) is 8.94. The molecule has 2 aliphatic heterocycles. The van der Waals surface area contributed by atoms with E-state index in [2.05, 4.69) is 51.7 Å². The Morgan fingerprint density at radius 2 is 1.91 bits per heavy atom. The number of nitrogens with zero attached hydrogens (tertiary/aromatic N) is 4. The van der Waals surface area contributed by atoms with Crippen LogP contribution < -0.4 is 15.5 Å². The van der Waals surface area contributed by atoms with Crippen LogP contribution in [0.4, 0.5) is 5.82 Å². The average Bonchev–Trinajstić information content (AvgIpc) is 3.50. The van der Waals surface area contributed by atoms with Gasteiger partial charge in [-0.1, -0.05) is 36.4 Å². The van der Waals surface area contributed by atoms with Gasteiger partial charge in [0.05, 0.1) is 6.54 Å². The van der Waals surface area contributed by atoms with Crippen LogP contribution in [0.15, 0.2) is 53.7 Å². The Balaban J connectivity index is 1.24. The molecule has 1 unspecified atom stereocenters. The summed E-state index contributed by atoms with van der Waals surface area (Å²) in [6.07, 6.45) is 5.94. The number of carbonyl (C=O) groups excluding carboxylic acids is 1. The summed E-state index contributed by atoms with van der Waals surface area (Å²) in [6.45, 7) is 7.98. The zero-order valence-electron chi connectivity index (χ0n) is 19.7. The lowest BCUT2D eigenvalue weighted by Crippen LogP contribution is -2.40. The molecule has 0 aliphatic carbocycles. The van der Waals surface area contributed by atoms with Gasteiger partial charge < -0.3 is 20.4 Å². The second kappa shape index (κ2) is 11.7. The lowest BCUT2D eigenvalue weighted by molar-refractivity contribution is -0.127. The van der Waals surface area contributed by atoms with Crippen molar-refractivity contribution >= 4 is 17.7 Å². The van der Waals surface area contributed by atoms with Gasteiger partial charge in [0.1, 0.15) is 5.82 Å². The molecule has 4 rings (SSSR count). The Morgan fingerprint density at radius 3 is 2.64 bits per heavy atom. The normalized spacial score (nSPS) is 18.8. The first-order valence-corrected chi connectivity index (χ1v) is 12.2. The Kier molecular flexibility index (Phi) is 8.17. The molecular formula is C26H36N6O. The van der Waals surface area contributed by atoms with Crippen molar-refractivity contribution in [3.8, 4) is 0 Å². The van der Waals surface area contributed by atoms with Crippen LogP contribution in [-0.4, -0.2) is 61.0 Å². The van der Waals surface area contributed by atoms with E-state index < -0.39 is 0 Å². The van der Waals surface area contributed by atoms with E-state index in [1.807, 2.05) is 29.3 Å². The van der Waals surface area contributed by atoms with Gasteiger partial charge in [-0.15, -0.1) is 0 Å². The van der Waals surface area contributed by atoms with Gasteiger partial charge in [0.15, 0.2) is 5.96 Å². The molecule has 2 fully saturated rings. The zero-order chi connectivity index (χ0) is 22.9. The van der Waals surface area contributed by atoms with Crippen LogP contribution in [0.5, 0.6) is 0 Å². The van der Waals surface area contributed by atoms with E-state index in [1.54, 1.807) is 0 Å². The molecule has 0 spiro atoms. The van der Waals surface area contributed by atoms with Crippen LogP contribution in [0.1, 0.15) is 37.3 Å². The minimum absolute atomic E-state index is 0.254. The third-order valence-corrected chi connectivity index (χ3v) is 6.37. The molecule has 1 aromatic carbocycles. The average molecular weight is 449 g/mol. The summed E-state index contributed by atoms with van der Waals surface area (Å²) in [5.41, 5.74) is 2.37. The maximum atomic E-state index is 12.5.